The maximum atomic E-state index is 12.0. The van der Waals surface area contributed by atoms with Gasteiger partial charge < -0.3 is 5.73 Å². The highest BCUT2D eigenvalue weighted by Gasteiger charge is 2.18. The number of nitrogens with two attached hydrogens (primary N) is 1. The Morgan fingerprint density at radius 1 is 1.44 bits per heavy atom. The van der Waals surface area contributed by atoms with E-state index in [0.717, 1.165) is 10.6 Å². The van der Waals surface area contributed by atoms with Crippen molar-refractivity contribution < 1.29 is 8.42 Å². The van der Waals surface area contributed by atoms with Crippen LogP contribution in [-0.2, 0) is 16.6 Å². The van der Waals surface area contributed by atoms with Gasteiger partial charge in [-0.15, -0.1) is 11.3 Å². The van der Waals surface area contributed by atoms with Gasteiger partial charge in [0.05, 0.1) is 11.2 Å². The van der Waals surface area contributed by atoms with Gasteiger partial charge in [-0.25, -0.2) is 23.1 Å². The Morgan fingerprint density at radius 2 is 2.22 bits per heavy atom. The summed E-state index contributed by atoms with van der Waals surface area (Å²) in [5.41, 5.74) is 8.04. The second-order valence-corrected chi connectivity index (χ2v) is 6.25. The van der Waals surface area contributed by atoms with Gasteiger partial charge in [0.1, 0.15) is 10.7 Å². The molecule has 0 aliphatic rings. The van der Waals surface area contributed by atoms with Crippen LogP contribution in [0, 0.1) is 6.92 Å². The van der Waals surface area contributed by atoms with Crippen LogP contribution < -0.4 is 10.5 Å². The minimum Gasteiger partial charge on any atom is -0.383 e. The van der Waals surface area contributed by atoms with E-state index in [1.807, 2.05) is 6.92 Å². The lowest BCUT2D eigenvalue weighted by atomic mass is 10.4. The van der Waals surface area contributed by atoms with Crippen LogP contribution in [0.1, 0.15) is 10.6 Å². The second-order valence-electron chi connectivity index (χ2n) is 3.57. The maximum absolute atomic E-state index is 12.0. The molecule has 0 fully saturated rings. The minimum absolute atomic E-state index is 0.00725. The highest BCUT2D eigenvalue weighted by atomic mass is 32.2. The fourth-order valence-corrected chi connectivity index (χ4v) is 3.25. The van der Waals surface area contributed by atoms with Crippen LogP contribution in [0.25, 0.3) is 0 Å². The maximum Gasteiger partial charge on any atom is 0.244 e. The fraction of sp³-hybridized carbons (Fsp3) is 0.200. The summed E-state index contributed by atoms with van der Waals surface area (Å²) in [6.45, 7) is 2.03. The molecule has 0 radical (unpaired) electrons. The molecule has 2 aromatic heterocycles. The topological polar surface area (TPSA) is 98.0 Å². The Labute approximate surface area is 109 Å². The number of thiazole rings is 1. The van der Waals surface area contributed by atoms with Crippen LogP contribution in [0.15, 0.2) is 28.7 Å². The number of hydrogen-bond donors (Lipinski definition) is 2. The average Bonchev–Trinajstić information content (AvgIpc) is 2.73. The highest BCUT2D eigenvalue weighted by molar-refractivity contribution is 7.89. The lowest BCUT2D eigenvalue weighted by molar-refractivity contribution is 0.581. The normalized spacial score (nSPS) is 11.6. The predicted octanol–water partition coefficient (Wildman–Crippen LogP) is 0.907. The van der Waals surface area contributed by atoms with E-state index < -0.39 is 10.0 Å². The molecule has 0 bridgehead atoms. The first-order valence-electron chi connectivity index (χ1n) is 5.10. The summed E-state index contributed by atoms with van der Waals surface area (Å²) < 4.78 is 26.5. The van der Waals surface area contributed by atoms with Gasteiger partial charge in [0.25, 0.3) is 0 Å². The van der Waals surface area contributed by atoms with Crippen LogP contribution >= 0.6 is 11.3 Å². The number of aromatic nitrogens is 2. The number of aryl methyl sites for hydroxylation is 1. The largest absolute Gasteiger partial charge is 0.383 e. The van der Waals surface area contributed by atoms with Gasteiger partial charge in [0, 0.05) is 17.6 Å². The zero-order valence-corrected chi connectivity index (χ0v) is 11.3. The van der Waals surface area contributed by atoms with Gasteiger partial charge >= 0.3 is 0 Å². The third kappa shape index (κ3) is 2.66. The number of nitrogens with one attached hydrogen (secondary N) is 1. The molecular weight excluding hydrogens is 272 g/mol. The van der Waals surface area contributed by atoms with E-state index in [0.29, 0.717) is 0 Å². The fourth-order valence-electron chi connectivity index (χ4n) is 1.36. The molecule has 18 heavy (non-hydrogen) atoms. The third-order valence-electron chi connectivity index (χ3n) is 2.36. The Bertz CT molecular complexity index is 651. The van der Waals surface area contributed by atoms with E-state index in [4.69, 9.17) is 5.73 Å². The standard InChI is InChI=1S/C10H12N4O2S2/c1-7-8(17-6-13-7)5-14-18(15,16)9-3-2-4-12-10(9)11/h2-4,6,14H,5H2,1H3,(H2,11,12). The monoisotopic (exact) mass is 284 g/mol. The zero-order chi connectivity index (χ0) is 13.2. The number of pyridine rings is 1. The van der Waals surface area contributed by atoms with Crippen molar-refractivity contribution in [2.75, 3.05) is 5.73 Å². The molecule has 3 N–H and O–H groups in total. The number of nitrogens with zero attached hydrogens (tertiary/aromatic N) is 2. The predicted molar refractivity (Wildman–Crippen MR) is 69.5 cm³/mol. The van der Waals surface area contributed by atoms with Crippen molar-refractivity contribution in [3.05, 3.63) is 34.4 Å². The van der Waals surface area contributed by atoms with Gasteiger partial charge in [-0.05, 0) is 19.1 Å². The van der Waals surface area contributed by atoms with Gasteiger partial charge in [-0.2, -0.15) is 0 Å². The van der Waals surface area contributed by atoms with Crippen molar-refractivity contribution in [3.63, 3.8) is 0 Å². The first-order chi connectivity index (χ1) is 8.50. The lowest BCUT2D eigenvalue weighted by Gasteiger charge is -2.07. The number of nitrogen functional groups attached to an aromatic ring is 1. The molecular formula is C10H12N4O2S2. The first-order valence-corrected chi connectivity index (χ1v) is 7.46. The first kappa shape index (κ1) is 12.9. The Balaban J connectivity index is 2.19. The smallest absolute Gasteiger partial charge is 0.244 e. The van der Waals surface area contributed by atoms with Crippen LogP contribution in [0.3, 0.4) is 0 Å². The summed E-state index contributed by atoms with van der Waals surface area (Å²) in [5.74, 6) is -0.00831. The van der Waals surface area contributed by atoms with E-state index in [1.54, 1.807) is 5.51 Å². The second kappa shape index (κ2) is 5.01. The number of rotatable bonds is 4. The summed E-state index contributed by atoms with van der Waals surface area (Å²) in [7, 11) is -3.64. The summed E-state index contributed by atoms with van der Waals surface area (Å²) in [4.78, 5) is 8.68. The summed E-state index contributed by atoms with van der Waals surface area (Å²) in [6, 6.07) is 2.95. The van der Waals surface area contributed by atoms with Crippen LogP contribution in [0.2, 0.25) is 0 Å². The molecule has 0 amide bonds. The molecule has 0 aromatic carbocycles. The lowest BCUT2D eigenvalue weighted by Crippen LogP contribution is -2.24. The van der Waals surface area contributed by atoms with E-state index >= 15 is 0 Å². The van der Waals surface area contributed by atoms with Crippen molar-refractivity contribution in [2.45, 2.75) is 18.4 Å². The van der Waals surface area contributed by atoms with E-state index in [-0.39, 0.29) is 17.3 Å². The molecule has 8 heteroatoms. The molecule has 96 valence electrons. The number of anilines is 1. The van der Waals surface area contributed by atoms with Crippen molar-refractivity contribution >= 4 is 27.2 Å². The molecule has 0 saturated carbocycles. The number of sulfonamides is 1. The molecule has 0 spiro atoms. The molecule has 2 aromatic rings. The Kier molecular flexibility index (Phi) is 3.60. The van der Waals surface area contributed by atoms with Crippen molar-refractivity contribution in [1.29, 1.82) is 0 Å². The quantitative estimate of drug-likeness (QED) is 0.869. The molecule has 0 saturated heterocycles. The van der Waals surface area contributed by atoms with Gasteiger partial charge in [0.15, 0.2) is 0 Å². The van der Waals surface area contributed by atoms with Crippen molar-refractivity contribution in [1.82, 2.24) is 14.7 Å². The number of hydrogen-bond acceptors (Lipinski definition) is 6. The molecule has 2 rings (SSSR count). The van der Waals surface area contributed by atoms with E-state index in [1.165, 1.54) is 29.7 Å². The summed E-state index contributed by atoms with van der Waals surface area (Å²) in [5, 5.41) is 0. The molecule has 0 aliphatic heterocycles. The minimum atomic E-state index is -3.64. The van der Waals surface area contributed by atoms with Crippen LogP contribution in [0.4, 0.5) is 5.82 Å². The zero-order valence-electron chi connectivity index (χ0n) is 9.62. The molecule has 0 unspecified atom stereocenters. The SMILES string of the molecule is Cc1ncsc1CNS(=O)(=O)c1cccnc1N. The van der Waals surface area contributed by atoms with Gasteiger partial charge in [-0.3, -0.25) is 0 Å². The van der Waals surface area contributed by atoms with Crippen molar-refractivity contribution in [2.24, 2.45) is 0 Å². The van der Waals surface area contributed by atoms with Crippen LogP contribution in [-0.4, -0.2) is 18.4 Å². The van der Waals surface area contributed by atoms with E-state index in [2.05, 4.69) is 14.7 Å². The molecule has 0 aliphatic carbocycles. The Hall–Kier alpha value is -1.51. The summed E-state index contributed by atoms with van der Waals surface area (Å²) in [6.07, 6.45) is 1.45. The van der Waals surface area contributed by atoms with Gasteiger partial charge in [-0.1, -0.05) is 0 Å². The molecule has 6 nitrogen and oxygen atoms in total. The molecule has 2 heterocycles. The highest BCUT2D eigenvalue weighted by Crippen LogP contribution is 2.16. The third-order valence-corrected chi connectivity index (χ3v) is 4.74. The van der Waals surface area contributed by atoms with Crippen molar-refractivity contribution in [3.8, 4) is 0 Å². The van der Waals surface area contributed by atoms with Gasteiger partial charge in [0.2, 0.25) is 10.0 Å². The average molecular weight is 284 g/mol. The van der Waals surface area contributed by atoms with Crippen LogP contribution in [0.5, 0.6) is 0 Å². The molecule has 0 atom stereocenters. The Morgan fingerprint density at radius 3 is 2.83 bits per heavy atom. The summed E-state index contributed by atoms with van der Waals surface area (Å²) >= 11 is 1.40. The van der Waals surface area contributed by atoms with E-state index in [9.17, 15) is 8.42 Å².